The quantitative estimate of drug-likeness (QED) is 0.269. The Kier molecular flexibility index (Phi) is 8.33. The molecule has 8 nitrogen and oxygen atoms in total. The predicted molar refractivity (Wildman–Crippen MR) is 171 cm³/mol. The van der Waals surface area contributed by atoms with Crippen LogP contribution in [-0.2, 0) is 22.5 Å². The van der Waals surface area contributed by atoms with E-state index >= 15 is 0 Å². The Hall–Kier alpha value is -3.82. The molecule has 4 aromatic rings. The summed E-state index contributed by atoms with van der Waals surface area (Å²) in [7, 11) is -1.18. The molecule has 1 amide bonds. The van der Waals surface area contributed by atoms with Gasteiger partial charge in [-0.2, -0.15) is 0 Å². The zero-order chi connectivity index (χ0) is 31.1. The molecule has 0 saturated heterocycles. The third-order valence-corrected chi connectivity index (χ3v) is 10.9. The second-order valence-electron chi connectivity index (χ2n) is 11.5. The van der Waals surface area contributed by atoms with Crippen LogP contribution in [0, 0.1) is 20.8 Å². The van der Waals surface area contributed by atoms with Crippen molar-refractivity contribution in [1.82, 2.24) is 14.7 Å². The number of aryl methyl sites for hydroxylation is 2. The van der Waals surface area contributed by atoms with Gasteiger partial charge in [-0.15, -0.1) is 0 Å². The van der Waals surface area contributed by atoms with E-state index in [1.165, 1.54) is 46.6 Å². The summed E-state index contributed by atoms with van der Waals surface area (Å²) in [4.78, 5) is 26.9. The molecule has 1 fully saturated rings. The number of carbonyl (C=O) groups excluding carboxylic acids is 1. The summed E-state index contributed by atoms with van der Waals surface area (Å²) in [5, 5.41) is 3.21. The van der Waals surface area contributed by atoms with Crippen molar-refractivity contribution in [2.24, 2.45) is 7.05 Å². The van der Waals surface area contributed by atoms with Gasteiger partial charge in [0.05, 0.1) is 26.9 Å². The molecule has 0 spiro atoms. The summed E-state index contributed by atoms with van der Waals surface area (Å²) >= 11 is 6.44. The van der Waals surface area contributed by atoms with E-state index in [0.717, 1.165) is 30.0 Å². The van der Waals surface area contributed by atoms with Gasteiger partial charge in [0.1, 0.15) is 5.69 Å². The molecule has 1 saturated carbocycles. The number of anilines is 1. The van der Waals surface area contributed by atoms with E-state index in [1.807, 2.05) is 6.07 Å². The Balaban J connectivity index is 1.44. The molecule has 0 aliphatic heterocycles. The average molecular weight is 621 g/mol. The Bertz CT molecular complexity index is 1860. The number of nitrogens with one attached hydrogen (secondary N) is 1. The Morgan fingerprint density at radius 2 is 1.67 bits per heavy atom. The number of nitrogens with zero attached hydrogens (tertiary/aromatic N) is 3. The summed E-state index contributed by atoms with van der Waals surface area (Å²) in [5.74, 6) is -0.442. The third kappa shape index (κ3) is 5.52. The smallest absolute Gasteiger partial charge is 0.296 e. The van der Waals surface area contributed by atoms with E-state index < -0.39 is 21.5 Å². The normalized spacial score (nSPS) is 14.6. The van der Waals surface area contributed by atoms with Gasteiger partial charge in [0.25, 0.3) is 21.5 Å². The molecular weight excluding hydrogens is 584 g/mol. The monoisotopic (exact) mass is 620 g/mol. The zero-order valence-corrected chi connectivity index (χ0v) is 26.7. The summed E-state index contributed by atoms with van der Waals surface area (Å²) < 4.78 is 31.7. The van der Waals surface area contributed by atoms with E-state index in [0.29, 0.717) is 17.9 Å². The van der Waals surface area contributed by atoms with Crippen molar-refractivity contribution < 1.29 is 13.2 Å². The Labute approximate surface area is 257 Å². The average Bonchev–Trinajstić information content (AvgIpc) is 3.54. The van der Waals surface area contributed by atoms with Gasteiger partial charge in [-0.1, -0.05) is 66.4 Å². The molecule has 5 rings (SSSR count). The predicted octanol–water partition coefficient (Wildman–Crippen LogP) is 5.82. The van der Waals surface area contributed by atoms with Crippen LogP contribution in [0.3, 0.4) is 0 Å². The summed E-state index contributed by atoms with van der Waals surface area (Å²) in [6, 6.07) is 19.5. The zero-order valence-electron chi connectivity index (χ0n) is 25.1. The molecule has 0 atom stereocenters. The summed E-state index contributed by atoms with van der Waals surface area (Å²) in [5.41, 5.74) is 4.14. The molecular formula is C33H37ClN4O4S. The summed E-state index contributed by atoms with van der Waals surface area (Å²) in [6.07, 6.45) is 4.08. The number of rotatable bonds is 8. The molecule has 1 aliphatic carbocycles. The maximum absolute atomic E-state index is 13.8. The molecule has 10 heteroatoms. The van der Waals surface area contributed by atoms with E-state index in [9.17, 15) is 18.0 Å². The lowest BCUT2D eigenvalue weighted by Gasteiger charge is -2.32. The van der Waals surface area contributed by atoms with Crippen molar-refractivity contribution in [3.63, 3.8) is 0 Å². The molecule has 1 aromatic heterocycles. The van der Waals surface area contributed by atoms with Gasteiger partial charge < -0.3 is 5.32 Å². The molecule has 1 N–H and O–H groups in total. The fourth-order valence-corrected chi connectivity index (χ4v) is 7.86. The van der Waals surface area contributed by atoms with Crippen molar-refractivity contribution in [1.29, 1.82) is 0 Å². The van der Waals surface area contributed by atoms with Crippen LogP contribution in [0.5, 0.6) is 0 Å². The minimum absolute atomic E-state index is 0.0175. The third-order valence-electron chi connectivity index (χ3n) is 8.78. The highest BCUT2D eigenvalue weighted by molar-refractivity contribution is 7.92. The molecule has 43 heavy (non-hydrogen) atoms. The first-order chi connectivity index (χ1) is 20.4. The minimum atomic E-state index is -4.22. The molecule has 0 radical (unpaired) electrons. The van der Waals surface area contributed by atoms with Crippen molar-refractivity contribution in [2.45, 2.75) is 56.8 Å². The van der Waals surface area contributed by atoms with Crippen molar-refractivity contribution in [3.8, 4) is 5.69 Å². The molecule has 1 heterocycles. The number of hydrogen-bond acceptors (Lipinski definition) is 4. The van der Waals surface area contributed by atoms with Gasteiger partial charge in [0, 0.05) is 26.1 Å². The van der Waals surface area contributed by atoms with Crippen molar-refractivity contribution in [3.05, 3.63) is 110 Å². The fraction of sp³-hybridized carbons (Fsp3) is 0.333. The Morgan fingerprint density at radius 1 is 1.00 bits per heavy atom. The standard InChI is InChI=1S/C33H37ClN4O4S/c1-22-13-15-28(23(2)19-22)33(17-9-10-18-33)21-35-31(39)27-20-26(14-16-29(27)34)43(41,42)37(5)30-24(3)36(4)38(32(30)40)25-11-7-6-8-12-25/h6-8,11-16,19-20H,9-10,17-18,21H2,1-5H3,(H,35,39). The molecule has 0 bridgehead atoms. The van der Waals surface area contributed by atoms with Crippen LogP contribution in [0.1, 0.15) is 58.4 Å². The topological polar surface area (TPSA) is 93.4 Å². The second-order valence-corrected chi connectivity index (χ2v) is 13.9. The van der Waals surface area contributed by atoms with Gasteiger partial charge in [0.15, 0.2) is 0 Å². The number of para-hydroxylation sites is 1. The van der Waals surface area contributed by atoms with Crippen molar-refractivity contribution in [2.75, 3.05) is 17.9 Å². The number of benzene rings is 3. The van der Waals surface area contributed by atoms with Crippen LogP contribution in [-0.4, -0.2) is 37.3 Å². The highest BCUT2D eigenvalue weighted by Crippen LogP contribution is 2.42. The molecule has 0 unspecified atom stereocenters. The first-order valence-corrected chi connectivity index (χ1v) is 16.2. The SMILES string of the molecule is Cc1ccc(C2(CNC(=O)c3cc(S(=O)(=O)N(C)c4c(C)n(C)n(-c5ccccc5)c4=O)ccc3Cl)CCCC2)c(C)c1. The van der Waals surface area contributed by atoms with Gasteiger partial charge >= 0.3 is 0 Å². The maximum atomic E-state index is 13.8. The van der Waals surface area contributed by atoms with Gasteiger partial charge in [0.2, 0.25) is 0 Å². The lowest BCUT2D eigenvalue weighted by atomic mass is 9.76. The van der Waals surface area contributed by atoms with Crippen LogP contribution >= 0.6 is 11.6 Å². The van der Waals surface area contributed by atoms with Gasteiger partial charge in [-0.3, -0.25) is 18.6 Å². The number of amides is 1. The summed E-state index contributed by atoms with van der Waals surface area (Å²) in [6.45, 7) is 6.29. The van der Waals surface area contributed by atoms with E-state index in [4.69, 9.17) is 11.6 Å². The molecule has 3 aromatic carbocycles. The number of halogens is 1. The van der Waals surface area contributed by atoms with E-state index in [1.54, 1.807) is 42.9 Å². The lowest BCUT2D eigenvalue weighted by molar-refractivity contribution is 0.0943. The minimum Gasteiger partial charge on any atom is -0.351 e. The van der Waals surface area contributed by atoms with E-state index in [2.05, 4.69) is 37.4 Å². The van der Waals surface area contributed by atoms with Crippen LogP contribution in [0.4, 0.5) is 5.69 Å². The molecule has 1 aliphatic rings. The van der Waals surface area contributed by atoms with E-state index in [-0.39, 0.29) is 26.6 Å². The largest absolute Gasteiger partial charge is 0.351 e. The molecule has 226 valence electrons. The van der Waals surface area contributed by atoms with Gasteiger partial charge in [-0.25, -0.2) is 13.1 Å². The van der Waals surface area contributed by atoms with Crippen LogP contribution in [0.25, 0.3) is 5.69 Å². The maximum Gasteiger partial charge on any atom is 0.296 e. The van der Waals surface area contributed by atoms with Crippen molar-refractivity contribution >= 4 is 33.2 Å². The Morgan fingerprint density at radius 3 is 2.33 bits per heavy atom. The lowest BCUT2D eigenvalue weighted by Crippen LogP contribution is -2.39. The first kappa shape index (κ1) is 30.6. The number of aromatic nitrogens is 2. The van der Waals surface area contributed by atoms with Crippen LogP contribution in [0.2, 0.25) is 5.02 Å². The number of carbonyl (C=O) groups is 1. The second kappa shape index (κ2) is 11.7. The fourth-order valence-electron chi connectivity index (χ4n) is 6.38. The van der Waals surface area contributed by atoms with Crippen LogP contribution < -0.4 is 15.2 Å². The highest BCUT2D eigenvalue weighted by Gasteiger charge is 2.37. The first-order valence-electron chi connectivity index (χ1n) is 14.4. The van der Waals surface area contributed by atoms with Gasteiger partial charge in [-0.05, 0) is 75.1 Å². The number of hydrogen-bond donors (Lipinski definition) is 1. The number of sulfonamides is 1. The highest BCUT2D eigenvalue weighted by atomic mass is 35.5. The van der Waals surface area contributed by atoms with Crippen LogP contribution in [0.15, 0.2) is 76.4 Å².